The van der Waals surface area contributed by atoms with Gasteiger partial charge in [-0.25, -0.2) is 4.79 Å². The van der Waals surface area contributed by atoms with E-state index in [9.17, 15) is 14.4 Å². The number of esters is 1. The lowest BCUT2D eigenvalue weighted by molar-refractivity contribution is -0.144. The van der Waals surface area contributed by atoms with Crippen LogP contribution in [0.4, 0.5) is 5.69 Å². The topological polar surface area (TPSA) is 94.2 Å². The second-order valence-electron chi connectivity index (χ2n) is 7.05. The molecule has 0 aliphatic carbocycles. The van der Waals surface area contributed by atoms with Gasteiger partial charge in [0.15, 0.2) is 11.5 Å². The van der Waals surface area contributed by atoms with Gasteiger partial charge in [0.25, 0.3) is 0 Å². The van der Waals surface area contributed by atoms with Gasteiger partial charge in [0, 0.05) is 23.7 Å². The number of nitrogens with zero attached hydrogens (tertiary/aromatic N) is 1. The van der Waals surface area contributed by atoms with Crippen LogP contribution in [-0.4, -0.2) is 41.9 Å². The molecule has 2 amide bonds. The van der Waals surface area contributed by atoms with E-state index in [1.807, 2.05) is 0 Å². The van der Waals surface area contributed by atoms with E-state index < -0.39 is 18.2 Å². The fraction of sp³-hybridized carbons (Fsp3) is 0.286. The molecule has 3 heterocycles. The van der Waals surface area contributed by atoms with E-state index in [0.717, 1.165) is 0 Å². The van der Waals surface area contributed by atoms with Gasteiger partial charge < -0.3 is 19.5 Å². The van der Waals surface area contributed by atoms with Crippen molar-refractivity contribution in [3.8, 4) is 11.5 Å². The molecule has 29 heavy (non-hydrogen) atoms. The van der Waals surface area contributed by atoms with Crippen LogP contribution in [0.2, 0.25) is 0 Å². The van der Waals surface area contributed by atoms with E-state index in [1.54, 1.807) is 42.5 Å². The molecule has 0 aromatic heterocycles. The van der Waals surface area contributed by atoms with E-state index in [1.165, 1.54) is 4.90 Å². The number of rotatable bonds is 3. The van der Waals surface area contributed by atoms with Crippen LogP contribution in [0.25, 0.3) is 0 Å². The van der Waals surface area contributed by atoms with Crippen molar-refractivity contribution >= 4 is 23.5 Å². The summed E-state index contributed by atoms with van der Waals surface area (Å²) in [6, 6.07) is 11.3. The molecule has 3 aliphatic heterocycles. The van der Waals surface area contributed by atoms with Crippen LogP contribution < -0.4 is 14.8 Å². The maximum atomic E-state index is 13.0. The molecule has 0 spiro atoms. The van der Waals surface area contributed by atoms with Gasteiger partial charge in [-0.1, -0.05) is 18.2 Å². The molecular weight excluding hydrogens is 376 g/mol. The molecule has 2 aromatic rings. The van der Waals surface area contributed by atoms with Crippen LogP contribution in [0, 0.1) is 0 Å². The molecule has 1 N–H and O–H groups in total. The van der Waals surface area contributed by atoms with Gasteiger partial charge in [-0.05, 0) is 24.6 Å². The third kappa shape index (κ3) is 2.97. The molecule has 8 heteroatoms. The number of carbonyl (C=O) groups is 3. The zero-order valence-corrected chi connectivity index (χ0v) is 15.4. The molecule has 1 fully saturated rings. The fourth-order valence-corrected chi connectivity index (χ4v) is 3.93. The minimum absolute atomic E-state index is 0.218. The summed E-state index contributed by atoms with van der Waals surface area (Å²) in [5.74, 6) is 0.138. The number of ether oxygens (including phenoxy) is 3. The van der Waals surface area contributed by atoms with Crippen LogP contribution >= 0.6 is 0 Å². The summed E-state index contributed by atoms with van der Waals surface area (Å²) in [5.41, 5.74) is 1.57. The number of anilines is 1. The molecule has 2 atom stereocenters. The average molecular weight is 394 g/mol. The van der Waals surface area contributed by atoms with Crippen LogP contribution in [0.1, 0.15) is 35.0 Å². The van der Waals surface area contributed by atoms with Crippen molar-refractivity contribution in [2.75, 3.05) is 18.5 Å². The molecule has 5 rings (SSSR count). The van der Waals surface area contributed by atoms with Gasteiger partial charge in [-0.15, -0.1) is 0 Å². The van der Waals surface area contributed by atoms with Gasteiger partial charge >= 0.3 is 5.97 Å². The molecule has 1 unspecified atom stereocenters. The van der Waals surface area contributed by atoms with Crippen molar-refractivity contribution in [3.63, 3.8) is 0 Å². The number of likely N-dealkylation sites (tertiary alicyclic amines) is 1. The lowest BCUT2D eigenvalue weighted by Crippen LogP contribution is -2.43. The van der Waals surface area contributed by atoms with Crippen LogP contribution in [0.5, 0.6) is 11.5 Å². The van der Waals surface area contributed by atoms with Crippen LogP contribution in [0.15, 0.2) is 42.5 Å². The quantitative estimate of drug-likeness (QED) is 0.803. The zero-order valence-electron chi connectivity index (χ0n) is 15.4. The Labute approximate surface area is 166 Å². The standard InChI is InChI=1S/C21H18N2O6/c24-18-8-6-15(23(18)20-13-3-1-2-4-14(13)21(26)29-20)19(25)22-12-5-7-16-17(11-12)28-10-9-27-16/h1-5,7,11,15,20H,6,8-10H2,(H,22,25)/t15-,20?/m0/s1. The molecule has 2 aromatic carbocycles. The first-order valence-electron chi connectivity index (χ1n) is 9.43. The number of hydrogen-bond acceptors (Lipinski definition) is 6. The van der Waals surface area contributed by atoms with Crippen molar-refractivity contribution in [1.29, 1.82) is 0 Å². The summed E-state index contributed by atoms with van der Waals surface area (Å²) < 4.78 is 16.5. The summed E-state index contributed by atoms with van der Waals surface area (Å²) in [7, 11) is 0. The first-order chi connectivity index (χ1) is 14.1. The summed E-state index contributed by atoms with van der Waals surface area (Å²) in [6.07, 6.45) is -0.314. The smallest absolute Gasteiger partial charge is 0.340 e. The normalized spacial score (nSPS) is 22.3. The Kier molecular flexibility index (Phi) is 4.12. The van der Waals surface area contributed by atoms with Crippen LogP contribution in [0.3, 0.4) is 0 Å². The molecule has 0 radical (unpaired) electrons. The highest BCUT2D eigenvalue weighted by Gasteiger charge is 2.46. The Hall–Kier alpha value is -3.55. The van der Waals surface area contributed by atoms with Gasteiger partial charge in [0.2, 0.25) is 18.0 Å². The number of hydrogen-bond donors (Lipinski definition) is 1. The minimum atomic E-state index is -0.885. The number of cyclic esters (lactones) is 1. The van der Waals surface area contributed by atoms with Gasteiger partial charge in [0.05, 0.1) is 5.56 Å². The molecule has 0 saturated carbocycles. The number of amides is 2. The average Bonchev–Trinajstić information content (AvgIpc) is 3.28. The van der Waals surface area contributed by atoms with Gasteiger partial charge in [-0.2, -0.15) is 0 Å². The molecular formula is C21H18N2O6. The van der Waals surface area contributed by atoms with Gasteiger partial charge in [0.1, 0.15) is 19.3 Å². The number of fused-ring (bicyclic) bond motifs is 2. The number of carbonyl (C=O) groups excluding carboxylic acids is 3. The highest BCUT2D eigenvalue weighted by Crippen LogP contribution is 2.39. The lowest BCUT2D eigenvalue weighted by Gasteiger charge is -2.29. The largest absolute Gasteiger partial charge is 0.486 e. The summed E-state index contributed by atoms with van der Waals surface area (Å²) in [4.78, 5) is 39.1. The molecule has 148 valence electrons. The number of benzene rings is 2. The molecule has 3 aliphatic rings. The van der Waals surface area contributed by atoms with E-state index in [-0.39, 0.29) is 18.2 Å². The van der Waals surface area contributed by atoms with Crippen molar-refractivity contribution in [1.82, 2.24) is 4.90 Å². The Balaban J connectivity index is 1.38. The van der Waals surface area contributed by atoms with Crippen molar-refractivity contribution in [2.45, 2.75) is 25.1 Å². The highest BCUT2D eigenvalue weighted by atomic mass is 16.6. The molecule has 0 bridgehead atoms. The van der Waals surface area contributed by atoms with E-state index >= 15 is 0 Å². The highest BCUT2D eigenvalue weighted by molar-refractivity contribution is 6.00. The Morgan fingerprint density at radius 3 is 2.69 bits per heavy atom. The summed E-state index contributed by atoms with van der Waals surface area (Å²) in [6.45, 7) is 0.932. The monoisotopic (exact) mass is 394 g/mol. The SMILES string of the molecule is O=C1OC(N2C(=O)CC[C@H]2C(=O)Nc2ccc3c(c2)OCCO3)c2ccccc21. The minimum Gasteiger partial charge on any atom is -0.486 e. The van der Waals surface area contributed by atoms with E-state index in [2.05, 4.69) is 5.32 Å². The first-order valence-corrected chi connectivity index (χ1v) is 9.43. The maximum Gasteiger partial charge on any atom is 0.340 e. The third-order valence-corrected chi connectivity index (χ3v) is 5.29. The van der Waals surface area contributed by atoms with Crippen molar-refractivity contribution in [2.24, 2.45) is 0 Å². The second-order valence-corrected chi connectivity index (χ2v) is 7.05. The zero-order chi connectivity index (χ0) is 20.0. The van der Waals surface area contributed by atoms with Gasteiger partial charge in [-0.3, -0.25) is 14.5 Å². The predicted molar refractivity (Wildman–Crippen MR) is 101 cm³/mol. The summed E-state index contributed by atoms with van der Waals surface area (Å²) >= 11 is 0. The summed E-state index contributed by atoms with van der Waals surface area (Å²) in [5, 5.41) is 2.83. The predicted octanol–water partition coefficient (Wildman–Crippen LogP) is 2.26. The van der Waals surface area contributed by atoms with Crippen molar-refractivity contribution in [3.05, 3.63) is 53.6 Å². The Bertz CT molecular complexity index is 1020. The molecule has 8 nitrogen and oxygen atoms in total. The van der Waals surface area contributed by atoms with E-state index in [4.69, 9.17) is 14.2 Å². The van der Waals surface area contributed by atoms with Crippen molar-refractivity contribution < 1.29 is 28.6 Å². The maximum absolute atomic E-state index is 13.0. The lowest BCUT2D eigenvalue weighted by atomic mass is 10.1. The number of nitrogens with one attached hydrogen (secondary N) is 1. The second kappa shape index (κ2) is 6.80. The first kappa shape index (κ1) is 17.5. The Morgan fingerprint density at radius 1 is 1.03 bits per heavy atom. The molecule has 1 saturated heterocycles. The Morgan fingerprint density at radius 2 is 1.83 bits per heavy atom. The van der Waals surface area contributed by atoms with E-state index in [0.29, 0.717) is 47.9 Å². The van der Waals surface area contributed by atoms with Crippen LogP contribution in [-0.2, 0) is 14.3 Å². The fourth-order valence-electron chi connectivity index (χ4n) is 3.93. The third-order valence-electron chi connectivity index (χ3n) is 5.29.